The Hall–Kier alpha value is -2.29. The van der Waals surface area contributed by atoms with Crippen molar-refractivity contribution < 1.29 is 4.79 Å². The number of benzene rings is 2. The Morgan fingerprint density at radius 3 is 2.55 bits per heavy atom. The molecule has 104 valence electrons. The molecule has 2 aromatic carbocycles. The third kappa shape index (κ3) is 3.60. The van der Waals surface area contributed by atoms with Gasteiger partial charge in [0.15, 0.2) is 0 Å². The number of hydrogen-bond donors (Lipinski definition) is 2. The highest BCUT2D eigenvalue weighted by Gasteiger charge is 2.04. The largest absolute Gasteiger partial charge is 0.381 e. The van der Waals surface area contributed by atoms with Crippen molar-refractivity contribution in [2.45, 2.75) is 27.3 Å². The van der Waals surface area contributed by atoms with Gasteiger partial charge in [-0.25, -0.2) is 0 Å². The zero-order valence-electron chi connectivity index (χ0n) is 12.2. The number of amides is 1. The molecule has 0 saturated heterocycles. The van der Waals surface area contributed by atoms with Gasteiger partial charge in [0.05, 0.1) is 0 Å². The second-order valence-corrected chi connectivity index (χ2v) is 5.01. The van der Waals surface area contributed by atoms with E-state index in [2.05, 4.69) is 42.7 Å². The first-order chi connectivity index (χ1) is 9.56. The molecule has 0 bridgehead atoms. The summed E-state index contributed by atoms with van der Waals surface area (Å²) in [5.74, 6) is -0.0517. The van der Waals surface area contributed by atoms with Crippen molar-refractivity contribution in [2.24, 2.45) is 0 Å². The first-order valence-electron chi connectivity index (χ1n) is 6.73. The first kappa shape index (κ1) is 14.1. The van der Waals surface area contributed by atoms with Crippen LogP contribution in [0.3, 0.4) is 0 Å². The Morgan fingerprint density at radius 2 is 1.80 bits per heavy atom. The van der Waals surface area contributed by atoms with E-state index in [1.54, 1.807) is 0 Å². The maximum absolute atomic E-state index is 11.2. The predicted molar refractivity (Wildman–Crippen MR) is 84.0 cm³/mol. The third-order valence-electron chi connectivity index (χ3n) is 3.19. The van der Waals surface area contributed by atoms with Crippen LogP contribution < -0.4 is 10.6 Å². The molecule has 0 spiro atoms. The number of para-hydroxylation sites is 1. The lowest BCUT2D eigenvalue weighted by Crippen LogP contribution is -2.10. The summed E-state index contributed by atoms with van der Waals surface area (Å²) in [6.45, 7) is 6.37. The average molecular weight is 268 g/mol. The van der Waals surface area contributed by atoms with E-state index in [4.69, 9.17) is 0 Å². The van der Waals surface area contributed by atoms with Crippen LogP contribution in [0.25, 0.3) is 0 Å². The molecule has 0 aromatic heterocycles. The van der Waals surface area contributed by atoms with Crippen molar-refractivity contribution in [3.63, 3.8) is 0 Å². The van der Waals surface area contributed by atoms with Gasteiger partial charge in [-0.15, -0.1) is 0 Å². The van der Waals surface area contributed by atoms with Crippen molar-refractivity contribution in [3.8, 4) is 0 Å². The molecule has 0 atom stereocenters. The highest BCUT2D eigenvalue weighted by molar-refractivity contribution is 5.89. The Kier molecular flexibility index (Phi) is 4.41. The van der Waals surface area contributed by atoms with E-state index in [9.17, 15) is 4.79 Å². The molecule has 0 heterocycles. The predicted octanol–water partition coefficient (Wildman–Crippen LogP) is 3.87. The zero-order chi connectivity index (χ0) is 14.5. The SMILES string of the molecule is CC(=O)Nc1ccccc1CNc1cc(C)ccc1C. The second-order valence-electron chi connectivity index (χ2n) is 5.01. The van der Waals surface area contributed by atoms with Gasteiger partial charge in [0, 0.05) is 24.8 Å². The fourth-order valence-corrected chi connectivity index (χ4v) is 2.10. The molecule has 0 saturated carbocycles. The highest BCUT2D eigenvalue weighted by Crippen LogP contribution is 2.20. The van der Waals surface area contributed by atoms with E-state index in [1.165, 1.54) is 18.1 Å². The molecular weight excluding hydrogens is 248 g/mol. The van der Waals surface area contributed by atoms with E-state index < -0.39 is 0 Å². The summed E-state index contributed by atoms with van der Waals surface area (Å²) in [5.41, 5.74) is 5.50. The Bertz CT molecular complexity index is 620. The van der Waals surface area contributed by atoms with Crippen LogP contribution in [-0.2, 0) is 11.3 Å². The second kappa shape index (κ2) is 6.24. The normalized spacial score (nSPS) is 10.2. The Morgan fingerprint density at radius 1 is 1.05 bits per heavy atom. The number of carbonyl (C=O) groups excluding carboxylic acids is 1. The molecule has 0 unspecified atom stereocenters. The van der Waals surface area contributed by atoms with Crippen LogP contribution in [0, 0.1) is 13.8 Å². The number of rotatable bonds is 4. The standard InChI is InChI=1S/C17H20N2O/c1-12-8-9-13(2)17(10-12)18-11-15-6-4-5-7-16(15)19-14(3)20/h4-10,18H,11H2,1-3H3,(H,19,20). The Balaban J connectivity index is 2.14. The van der Waals surface area contributed by atoms with Gasteiger partial charge < -0.3 is 10.6 Å². The van der Waals surface area contributed by atoms with Crippen LogP contribution in [0.15, 0.2) is 42.5 Å². The summed E-state index contributed by atoms with van der Waals surface area (Å²) in [4.78, 5) is 11.2. The number of nitrogens with one attached hydrogen (secondary N) is 2. The molecule has 20 heavy (non-hydrogen) atoms. The summed E-state index contributed by atoms with van der Waals surface area (Å²) in [7, 11) is 0. The van der Waals surface area contributed by atoms with Gasteiger partial charge in [0.1, 0.15) is 0 Å². The van der Waals surface area contributed by atoms with Crippen LogP contribution in [-0.4, -0.2) is 5.91 Å². The number of hydrogen-bond acceptors (Lipinski definition) is 2. The quantitative estimate of drug-likeness (QED) is 0.883. The summed E-state index contributed by atoms with van der Waals surface area (Å²) < 4.78 is 0. The molecule has 2 rings (SSSR count). The summed E-state index contributed by atoms with van der Waals surface area (Å²) in [6.07, 6.45) is 0. The molecule has 0 radical (unpaired) electrons. The van der Waals surface area contributed by atoms with Gasteiger partial charge in [-0.1, -0.05) is 30.3 Å². The fraction of sp³-hybridized carbons (Fsp3) is 0.235. The highest BCUT2D eigenvalue weighted by atomic mass is 16.1. The van der Waals surface area contributed by atoms with Crippen LogP contribution >= 0.6 is 0 Å². The van der Waals surface area contributed by atoms with E-state index in [0.717, 1.165) is 16.9 Å². The maximum atomic E-state index is 11.2. The van der Waals surface area contributed by atoms with Crippen molar-refractivity contribution >= 4 is 17.3 Å². The minimum absolute atomic E-state index is 0.0517. The monoisotopic (exact) mass is 268 g/mol. The smallest absolute Gasteiger partial charge is 0.221 e. The van der Waals surface area contributed by atoms with E-state index in [-0.39, 0.29) is 5.91 Å². The zero-order valence-corrected chi connectivity index (χ0v) is 12.2. The van der Waals surface area contributed by atoms with E-state index in [0.29, 0.717) is 6.54 Å². The van der Waals surface area contributed by atoms with Gasteiger partial charge >= 0.3 is 0 Å². The minimum atomic E-state index is -0.0517. The molecule has 1 amide bonds. The molecule has 3 nitrogen and oxygen atoms in total. The summed E-state index contributed by atoms with van der Waals surface area (Å²) >= 11 is 0. The minimum Gasteiger partial charge on any atom is -0.381 e. The molecule has 3 heteroatoms. The first-order valence-corrected chi connectivity index (χ1v) is 6.73. The van der Waals surface area contributed by atoms with Gasteiger partial charge in [-0.2, -0.15) is 0 Å². The van der Waals surface area contributed by atoms with Crippen LogP contribution in [0.5, 0.6) is 0 Å². The fourth-order valence-electron chi connectivity index (χ4n) is 2.10. The van der Waals surface area contributed by atoms with E-state index >= 15 is 0 Å². The number of carbonyl (C=O) groups is 1. The molecular formula is C17H20N2O. The molecule has 0 fully saturated rings. The van der Waals surface area contributed by atoms with Crippen LogP contribution in [0.1, 0.15) is 23.6 Å². The number of anilines is 2. The third-order valence-corrected chi connectivity index (χ3v) is 3.19. The lowest BCUT2D eigenvalue weighted by Gasteiger charge is -2.13. The van der Waals surface area contributed by atoms with Gasteiger partial charge in [-0.3, -0.25) is 4.79 Å². The average Bonchev–Trinajstić information content (AvgIpc) is 2.41. The molecule has 0 aliphatic rings. The topological polar surface area (TPSA) is 41.1 Å². The molecule has 2 aromatic rings. The van der Waals surface area contributed by atoms with E-state index in [1.807, 2.05) is 24.3 Å². The summed E-state index contributed by atoms with van der Waals surface area (Å²) in [5, 5.41) is 6.29. The lowest BCUT2D eigenvalue weighted by atomic mass is 10.1. The summed E-state index contributed by atoms with van der Waals surface area (Å²) in [6, 6.07) is 14.2. The van der Waals surface area contributed by atoms with Crippen molar-refractivity contribution in [3.05, 3.63) is 59.2 Å². The molecule has 0 aliphatic heterocycles. The lowest BCUT2D eigenvalue weighted by molar-refractivity contribution is -0.114. The van der Waals surface area contributed by atoms with Crippen molar-refractivity contribution in [1.82, 2.24) is 0 Å². The van der Waals surface area contributed by atoms with Crippen molar-refractivity contribution in [1.29, 1.82) is 0 Å². The van der Waals surface area contributed by atoms with Gasteiger partial charge in [0.25, 0.3) is 0 Å². The van der Waals surface area contributed by atoms with Crippen LogP contribution in [0.4, 0.5) is 11.4 Å². The van der Waals surface area contributed by atoms with Crippen molar-refractivity contribution in [2.75, 3.05) is 10.6 Å². The molecule has 2 N–H and O–H groups in total. The van der Waals surface area contributed by atoms with Gasteiger partial charge in [-0.05, 0) is 42.7 Å². The number of aryl methyl sites for hydroxylation is 2. The van der Waals surface area contributed by atoms with Gasteiger partial charge in [0.2, 0.25) is 5.91 Å². The molecule has 0 aliphatic carbocycles. The maximum Gasteiger partial charge on any atom is 0.221 e. The van der Waals surface area contributed by atoms with Crippen LogP contribution in [0.2, 0.25) is 0 Å². The Labute approximate surface area is 120 Å².